The van der Waals surface area contributed by atoms with Crippen molar-refractivity contribution in [1.29, 1.82) is 0 Å². The summed E-state index contributed by atoms with van der Waals surface area (Å²) < 4.78 is 0. The van der Waals surface area contributed by atoms with Gasteiger partial charge in [-0.05, 0) is 13.3 Å². The van der Waals surface area contributed by atoms with Crippen molar-refractivity contribution in [3.63, 3.8) is 0 Å². The molecule has 0 bridgehead atoms. The number of nitrogen functional groups attached to an aromatic ring is 1. The first kappa shape index (κ1) is 11.7. The van der Waals surface area contributed by atoms with Gasteiger partial charge in [-0.3, -0.25) is 0 Å². The maximum atomic E-state index is 5.33. The summed E-state index contributed by atoms with van der Waals surface area (Å²) in [6.45, 7) is 5.07. The third-order valence-corrected chi connectivity index (χ3v) is 2.29. The predicted octanol–water partition coefficient (Wildman–Crippen LogP) is 1.67. The van der Waals surface area contributed by atoms with E-state index < -0.39 is 0 Å². The molecule has 0 aliphatic heterocycles. The van der Waals surface area contributed by atoms with Gasteiger partial charge in [0.05, 0.1) is 0 Å². The first-order valence-corrected chi connectivity index (χ1v) is 5.31. The van der Waals surface area contributed by atoms with E-state index in [1.807, 2.05) is 6.92 Å². The minimum atomic E-state index is 0.669. The van der Waals surface area contributed by atoms with Gasteiger partial charge in [0.2, 0.25) is 0 Å². The molecule has 0 aliphatic rings. The quantitative estimate of drug-likeness (QED) is 0.377. The third kappa shape index (κ3) is 3.36. The van der Waals surface area contributed by atoms with Crippen LogP contribution in [0.1, 0.15) is 31.7 Å². The molecule has 0 unspecified atom stereocenters. The van der Waals surface area contributed by atoms with Crippen molar-refractivity contribution in [3.05, 3.63) is 11.9 Å². The molecule has 0 radical (unpaired) electrons. The highest BCUT2D eigenvalue weighted by molar-refractivity contribution is 5.55. The molecule has 1 rings (SSSR count). The Labute approximate surface area is 90.5 Å². The standard InChI is InChI=1S/C10H19N5/c1-3-4-5-6-12-9-8(2)10(15-11)14-7-13-9/h7H,3-6,11H2,1-2H3,(H2,12,13,14,15). The first-order valence-electron chi connectivity index (χ1n) is 5.31. The fourth-order valence-electron chi connectivity index (χ4n) is 1.36. The highest BCUT2D eigenvalue weighted by Crippen LogP contribution is 2.16. The molecule has 1 aromatic rings. The van der Waals surface area contributed by atoms with Gasteiger partial charge in [0, 0.05) is 12.1 Å². The van der Waals surface area contributed by atoms with Crippen LogP contribution in [0.3, 0.4) is 0 Å². The monoisotopic (exact) mass is 209 g/mol. The van der Waals surface area contributed by atoms with Crippen molar-refractivity contribution in [1.82, 2.24) is 9.97 Å². The molecule has 5 heteroatoms. The Hall–Kier alpha value is -1.36. The Kier molecular flexibility index (Phi) is 4.83. The molecule has 84 valence electrons. The van der Waals surface area contributed by atoms with Crippen LogP contribution in [0.25, 0.3) is 0 Å². The van der Waals surface area contributed by atoms with Crippen LogP contribution in [0.2, 0.25) is 0 Å². The lowest BCUT2D eigenvalue weighted by Crippen LogP contribution is -2.13. The number of rotatable bonds is 6. The normalized spacial score (nSPS) is 10.1. The summed E-state index contributed by atoms with van der Waals surface area (Å²) in [4.78, 5) is 8.18. The van der Waals surface area contributed by atoms with Crippen LogP contribution in [-0.4, -0.2) is 16.5 Å². The molecular weight excluding hydrogens is 190 g/mol. The smallest absolute Gasteiger partial charge is 0.148 e. The van der Waals surface area contributed by atoms with E-state index in [0.29, 0.717) is 5.82 Å². The number of aromatic nitrogens is 2. The zero-order valence-corrected chi connectivity index (χ0v) is 9.38. The van der Waals surface area contributed by atoms with Gasteiger partial charge in [0.1, 0.15) is 18.0 Å². The summed E-state index contributed by atoms with van der Waals surface area (Å²) in [5, 5.41) is 3.28. The van der Waals surface area contributed by atoms with Gasteiger partial charge < -0.3 is 10.7 Å². The number of hydrogen-bond donors (Lipinski definition) is 3. The number of anilines is 2. The van der Waals surface area contributed by atoms with E-state index in [2.05, 4.69) is 27.6 Å². The molecular formula is C10H19N5. The minimum absolute atomic E-state index is 0.669. The first-order chi connectivity index (χ1) is 7.29. The Balaban J connectivity index is 2.53. The fourth-order valence-corrected chi connectivity index (χ4v) is 1.36. The van der Waals surface area contributed by atoms with Crippen molar-refractivity contribution >= 4 is 11.6 Å². The second kappa shape index (κ2) is 6.19. The average molecular weight is 209 g/mol. The number of hydrogen-bond acceptors (Lipinski definition) is 5. The number of hydrazine groups is 1. The molecule has 1 heterocycles. The highest BCUT2D eigenvalue weighted by atomic mass is 15.3. The van der Waals surface area contributed by atoms with Gasteiger partial charge in [-0.1, -0.05) is 19.8 Å². The van der Waals surface area contributed by atoms with Gasteiger partial charge in [0.15, 0.2) is 0 Å². The average Bonchev–Trinajstić information content (AvgIpc) is 2.26. The van der Waals surface area contributed by atoms with Crippen LogP contribution in [0.4, 0.5) is 11.6 Å². The summed E-state index contributed by atoms with van der Waals surface area (Å²) in [5.41, 5.74) is 3.50. The molecule has 0 saturated carbocycles. The van der Waals surface area contributed by atoms with E-state index >= 15 is 0 Å². The number of nitrogens with one attached hydrogen (secondary N) is 2. The van der Waals surface area contributed by atoms with E-state index in [9.17, 15) is 0 Å². The maximum Gasteiger partial charge on any atom is 0.148 e. The Morgan fingerprint density at radius 1 is 1.27 bits per heavy atom. The lowest BCUT2D eigenvalue weighted by Gasteiger charge is -2.10. The number of nitrogens with zero attached hydrogens (tertiary/aromatic N) is 2. The van der Waals surface area contributed by atoms with E-state index in [4.69, 9.17) is 5.84 Å². The molecule has 0 saturated heterocycles. The van der Waals surface area contributed by atoms with Crippen LogP contribution in [0.5, 0.6) is 0 Å². The zero-order valence-electron chi connectivity index (χ0n) is 9.38. The van der Waals surface area contributed by atoms with Gasteiger partial charge in [0.25, 0.3) is 0 Å². The predicted molar refractivity (Wildman–Crippen MR) is 62.6 cm³/mol. The van der Waals surface area contributed by atoms with E-state index in [1.54, 1.807) is 0 Å². The van der Waals surface area contributed by atoms with Crippen LogP contribution in [0, 0.1) is 6.92 Å². The lowest BCUT2D eigenvalue weighted by molar-refractivity contribution is 0.741. The van der Waals surface area contributed by atoms with Crippen LogP contribution in [-0.2, 0) is 0 Å². The summed E-state index contributed by atoms with van der Waals surface area (Å²) in [5.74, 6) is 6.85. The van der Waals surface area contributed by atoms with Crippen molar-refractivity contribution < 1.29 is 0 Å². The molecule has 0 aromatic carbocycles. The molecule has 0 fully saturated rings. The van der Waals surface area contributed by atoms with E-state index in [1.165, 1.54) is 19.2 Å². The molecule has 1 aromatic heterocycles. The molecule has 0 spiro atoms. The molecule has 0 amide bonds. The second-order valence-electron chi connectivity index (χ2n) is 3.47. The van der Waals surface area contributed by atoms with Crippen LogP contribution >= 0.6 is 0 Å². The maximum absolute atomic E-state index is 5.33. The summed E-state index contributed by atoms with van der Waals surface area (Å²) in [6, 6.07) is 0. The molecule has 5 nitrogen and oxygen atoms in total. The molecule has 0 atom stereocenters. The van der Waals surface area contributed by atoms with E-state index in [0.717, 1.165) is 24.3 Å². The van der Waals surface area contributed by atoms with Gasteiger partial charge in [-0.2, -0.15) is 0 Å². The number of nitrogens with two attached hydrogens (primary N) is 1. The van der Waals surface area contributed by atoms with Crippen molar-refractivity contribution in [2.75, 3.05) is 17.3 Å². The van der Waals surface area contributed by atoms with Crippen molar-refractivity contribution in [2.24, 2.45) is 5.84 Å². The Morgan fingerprint density at radius 2 is 2.00 bits per heavy atom. The van der Waals surface area contributed by atoms with Crippen LogP contribution < -0.4 is 16.6 Å². The van der Waals surface area contributed by atoms with Crippen molar-refractivity contribution in [2.45, 2.75) is 33.1 Å². The fraction of sp³-hybridized carbons (Fsp3) is 0.600. The molecule has 4 N–H and O–H groups in total. The largest absolute Gasteiger partial charge is 0.370 e. The Morgan fingerprint density at radius 3 is 2.67 bits per heavy atom. The van der Waals surface area contributed by atoms with Crippen molar-refractivity contribution in [3.8, 4) is 0 Å². The SMILES string of the molecule is CCCCCNc1ncnc(NN)c1C. The number of unbranched alkanes of at least 4 members (excludes halogenated alkanes) is 2. The molecule has 0 aliphatic carbocycles. The highest BCUT2D eigenvalue weighted by Gasteiger charge is 2.04. The Bertz CT molecular complexity index is 300. The summed E-state index contributed by atoms with van der Waals surface area (Å²) in [6.07, 6.45) is 5.12. The molecule has 15 heavy (non-hydrogen) atoms. The van der Waals surface area contributed by atoms with Crippen LogP contribution in [0.15, 0.2) is 6.33 Å². The topological polar surface area (TPSA) is 75.9 Å². The zero-order chi connectivity index (χ0) is 11.1. The van der Waals surface area contributed by atoms with E-state index in [-0.39, 0.29) is 0 Å². The van der Waals surface area contributed by atoms with Gasteiger partial charge in [-0.15, -0.1) is 0 Å². The summed E-state index contributed by atoms with van der Waals surface area (Å²) in [7, 11) is 0. The van der Waals surface area contributed by atoms with Gasteiger partial charge >= 0.3 is 0 Å². The lowest BCUT2D eigenvalue weighted by atomic mass is 10.2. The summed E-state index contributed by atoms with van der Waals surface area (Å²) >= 11 is 0. The minimum Gasteiger partial charge on any atom is -0.370 e. The second-order valence-corrected chi connectivity index (χ2v) is 3.47. The van der Waals surface area contributed by atoms with Gasteiger partial charge in [-0.25, -0.2) is 15.8 Å². The third-order valence-electron chi connectivity index (χ3n) is 2.29.